The number of rotatable bonds is 5. The molecule has 2 saturated carbocycles. The molecule has 6 unspecified atom stereocenters. The molecule has 0 bridgehead atoms. The van der Waals surface area contributed by atoms with E-state index in [0.717, 1.165) is 42.4 Å². The Hall–Kier alpha value is -0.0800. The average molecular weight is 309 g/mol. The summed E-state index contributed by atoms with van der Waals surface area (Å²) >= 11 is 0. The number of nitrogens with two attached hydrogens (primary N) is 2. The fourth-order valence-corrected chi connectivity index (χ4v) is 5.57. The molecule has 0 radical (unpaired) electrons. The predicted molar refractivity (Wildman–Crippen MR) is 96.6 cm³/mol. The Morgan fingerprint density at radius 2 is 1.41 bits per heavy atom. The molecule has 0 amide bonds. The maximum absolute atomic E-state index is 6.71. The second-order valence-corrected chi connectivity index (χ2v) is 8.76. The first-order valence-electron chi connectivity index (χ1n) is 9.94. The minimum Gasteiger partial charge on any atom is -0.327 e. The molecule has 22 heavy (non-hydrogen) atoms. The van der Waals surface area contributed by atoms with Crippen molar-refractivity contribution in [3.63, 3.8) is 0 Å². The fraction of sp³-hybridized carbons (Fsp3) is 1.00. The summed E-state index contributed by atoms with van der Waals surface area (Å²) < 4.78 is 0. The van der Waals surface area contributed by atoms with Gasteiger partial charge in [0.05, 0.1) is 0 Å². The normalized spacial score (nSPS) is 40.6. The van der Waals surface area contributed by atoms with Gasteiger partial charge in [-0.2, -0.15) is 0 Å². The van der Waals surface area contributed by atoms with Crippen LogP contribution in [0.25, 0.3) is 0 Å². The zero-order chi connectivity index (χ0) is 16.3. The summed E-state index contributed by atoms with van der Waals surface area (Å²) in [6.07, 6.45) is 11.8. The van der Waals surface area contributed by atoms with E-state index in [0.29, 0.717) is 6.04 Å². The molecule has 0 saturated heterocycles. The number of hydrogen-bond acceptors (Lipinski definition) is 2. The molecular formula is C20H40N2. The van der Waals surface area contributed by atoms with Crippen molar-refractivity contribution >= 4 is 0 Å². The first-order valence-corrected chi connectivity index (χ1v) is 9.94. The SMILES string of the molecule is CCC(N)(CC)C1CCC(CC2CCC(N)C(C)C2)CC1C. The molecule has 2 nitrogen and oxygen atoms in total. The van der Waals surface area contributed by atoms with Crippen LogP contribution in [0.5, 0.6) is 0 Å². The minimum absolute atomic E-state index is 0.0799. The summed E-state index contributed by atoms with van der Waals surface area (Å²) in [6.45, 7) is 9.36. The van der Waals surface area contributed by atoms with Crippen LogP contribution in [0.2, 0.25) is 0 Å². The Balaban J connectivity index is 1.85. The largest absolute Gasteiger partial charge is 0.327 e. The molecule has 2 rings (SSSR count). The molecular weight excluding hydrogens is 268 g/mol. The standard InChI is InChI=1S/C20H40N2/c1-5-20(22,6-2)18-9-7-16(11-14(18)3)13-17-8-10-19(21)15(4)12-17/h14-19H,5-13,21-22H2,1-4H3. The Kier molecular flexibility index (Phi) is 6.36. The van der Waals surface area contributed by atoms with E-state index < -0.39 is 0 Å². The second kappa shape index (κ2) is 7.66. The second-order valence-electron chi connectivity index (χ2n) is 8.76. The van der Waals surface area contributed by atoms with Crippen LogP contribution < -0.4 is 11.5 Å². The van der Waals surface area contributed by atoms with E-state index in [1.807, 2.05) is 0 Å². The van der Waals surface area contributed by atoms with Gasteiger partial charge < -0.3 is 11.5 Å². The molecule has 6 atom stereocenters. The lowest BCUT2D eigenvalue weighted by Gasteiger charge is -2.45. The van der Waals surface area contributed by atoms with E-state index in [1.54, 1.807) is 0 Å². The molecule has 2 aliphatic carbocycles. The van der Waals surface area contributed by atoms with E-state index in [-0.39, 0.29) is 5.54 Å². The Morgan fingerprint density at radius 3 is 1.91 bits per heavy atom. The van der Waals surface area contributed by atoms with Crippen LogP contribution in [0, 0.1) is 29.6 Å². The van der Waals surface area contributed by atoms with Crippen LogP contribution in [-0.4, -0.2) is 11.6 Å². The minimum atomic E-state index is 0.0799. The van der Waals surface area contributed by atoms with Crippen molar-refractivity contribution in [3.8, 4) is 0 Å². The van der Waals surface area contributed by atoms with Gasteiger partial charge in [0.25, 0.3) is 0 Å². The lowest BCUT2D eigenvalue weighted by Crippen LogP contribution is -2.50. The van der Waals surface area contributed by atoms with Gasteiger partial charge in [0, 0.05) is 11.6 Å². The molecule has 0 aromatic rings. The highest BCUT2D eigenvalue weighted by atomic mass is 14.8. The monoisotopic (exact) mass is 308 g/mol. The fourth-order valence-electron chi connectivity index (χ4n) is 5.57. The van der Waals surface area contributed by atoms with Crippen molar-refractivity contribution in [2.75, 3.05) is 0 Å². The first-order chi connectivity index (χ1) is 10.4. The van der Waals surface area contributed by atoms with E-state index in [9.17, 15) is 0 Å². The molecule has 2 heteroatoms. The summed E-state index contributed by atoms with van der Waals surface area (Å²) in [5.41, 5.74) is 13.0. The average Bonchev–Trinajstić information content (AvgIpc) is 2.50. The summed E-state index contributed by atoms with van der Waals surface area (Å²) in [7, 11) is 0. The van der Waals surface area contributed by atoms with Crippen molar-refractivity contribution in [3.05, 3.63) is 0 Å². The molecule has 2 aliphatic rings. The molecule has 4 N–H and O–H groups in total. The topological polar surface area (TPSA) is 52.0 Å². The van der Waals surface area contributed by atoms with E-state index in [2.05, 4.69) is 27.7 Å². The number of hydrogen-bond donors (Lipinski definition) is 2. The summed E-state index contributed by atoms with van der Waals surface area (Å²) in [5, 5.41) is 0. The third-order valence-electron chi connectivity index (χ3n) is 7.34. The van der Waals surface area contributed by atoms with Crippen LogP contribution in [0.1, 0.15) is 85.5 Å². The third kappa shape index (κ3) is 4.06. The van der Waals surface area contributed by atoms with Gasteiger partial charge in [-0.1, -0.05) is 34.1 Å². The van der Waals surface area contributed by atoms with Gasteiger partial charge in [0.15, 0.2) is 0 Å². The molecule has 130 valence electrons. The van der Waals surface area contributed by atoms with Gasteiger partial charge in [-0.15, -0.1) is 0 Å². The Morgan fingerprint density at radius 1 is 0.864 bits per heavy atom. The summed E-state index contributed by atoms with van der Waals surface area (Å²) in [5.74, 6) is 4.13. The van der Waals surface area contributed by atoms with Gasteiger partial charge in [0.2, 0.25) is 0 Å². The van der Waals surface area contributed by atoms with Gasteiger partial charge >= 0.3 is 0 Å². The molecule has 0 aromatic carbocycles. The van der Waals surface area contributed by atoms with Gasteiger partial charge in [-0.05, 0) is 81.0 Å². The third-order valence-corrected chi connectivity index (χ3v) is 7.34. The van der Waals surface area contributed by atoms with Gasteiger partial charge in [-0.3, -0.25) is 0 Å². The van der Waals surface area contributed by atoms with Crippen molar-refractivity contribution in [2.45, 2.75) is 97.1 Å². The van der Waals surface area contributed by atoms with Crippen LogP contribution in [0.3, 0.4) is 0 Å². The smallest absolute Gasteiger partial charge is 0.0180 e. The highest BCUT2D eigenvalue weighted by Crippen LogP contribution is 2.44. The van der Waals surface area contributed by atoms with Crippen molar-refractivity contribution in [2.24, 2.45) is 41.1 Å². The van der Waals surface area contributed by atoms with Gasteiger partial charge in [0.1, 0.15) is 0 Å². The van der Waals surface area contributed by atoms with Crippen molar-refractivity contribution in [1.29, 1.82) is 0 Å². The lowest BCUT2D eigenvalue weighted by molar-refractivity contribution is 0.0873. The predicted octanol–water partition coefficient (Wildman–Crippen LogP) is 4.71. The summed E-state index contributed by atoms with van der Waals surface area (Å²) in [4.78, 5) is 0. The zero-order valence-electron chi connectivity index (χ0n) is 15.5. The van der Waals surface area contributed by atoms with E-state index in [1.165, 1.54) is 44.9 Å². The lowest BCUT2D eigenvalue weighted by atomic mass is 9.63. The molecule has 2 fully saturated rings. The van der Waals surface area contributed by atoms with Gasteiger partial charge in [-0.25, -0.2) is 0 Å². The Bertz CT molecular complexity index is 337. The first kappa shape index (κ1) is 18.3. The molecule has 0 aromatic heterocycles. The molecule has 0 heterocycles. The quantitative estimate of drug-likeness (QED) is 0.772. The van der Waals surface area contributed by atoms with Crippen LogP contribution in [0.15, 0.2) is 0 Å². The van der Waals surface area contributed by atoms with E-state index >= 15 is 0 Å². The zero-order valence-corrected chi connectivity index (χ0v) is 15.5. The maximum atomic E-state index is 6.71. The highest BCUT2D eigenvalue weighted by molar-refractivity contribution is 4.95. The Labute approximate surface area is 138 Å². The summed E-state index contributed by atoms with van der Waals surface area (Å²) in [6, 6.07) is 0.456. The van der Waals surface area contributed by atoms with Crippen molar-refractivity contribution in [1.82, 2.24) is 0 Å². The molecule has 0 spiro atoms. The highest BCUT2D eigenvalue weighted by Gasteiger charge is 2.39. The van der Waals surface area contributed by atoms with Crippen molar-refractivity contribution < 1.29 is 0 Å². The maximum Gasteiger partial charge on any atom is 0.0180 e. The van der Waals surface area contributed by atoms with Crippen LogP contribution in [0.4, 0.5) is 0 Å². The molecule has 0 aliphatic heterocycles. The van der Waals surface area contributed by atoms with Crippen LogP contribution >= 0.6 is 0 Å². The van der Waals surface area contributed by atoms with Crippen LogP contribution in [-0.2, 0) is 0 Å². The van der Waals surface area contributed by atoms with E-state index in [4.69, 9.17) is 11.5 Å².